The highest BCUT2D eigenvalue weighted by atomic mass is 19.1. The Hall–Kier alpha value is -1.46. The lowest BCUT2D eigenvalue weighted by molar-refractivity contribution is 0.0343. The van der Waals surface area contributed by atoms with Crippen molar-refractivity contribution in [3.8, 4) is 5.75 Å². The summed E-state index contributed by atoms with van der Waals surface area (Å²) in [5.74, 6) is -0.151. The molecule has 1 N–H and O–H groups in total. The third kappa shape index (κ3) is 2.80. The molecule has 0 aliphatic carbocycles. The van der Waals surface area contributed by atoms with E-state index < -0.39 is 5.82 Å². The number of halogens is 1. The first-order valence-corrected chi connectivity index (χ1v) is 7.39. The fourth-order valence-corrected chi connectivity index (χ4v) is 3.65. The van der Waals surface area contributed by atoms with Crippen molar-refractivity contribution < 1.29 is 19.0 Å². The Labute approximate surface area is 123 Å². The Morgan fingerprint density at radius 1 is 1.38 bits per heavy atom. The van der Waals surface area contributed by atoms with Crippen molar-refractivity contribution in [3.05, 3.63) is 29.6 Å². The number of aliphatic hydroxyl groups is 1. The number of piperidine rings is 1. The Morgan fingerprint density at radius 2 is 2.05 bits per heavy atom. The summed E-state index contributed by atoms with van der Waals surface area (Å²) in [6, 6.07) is 4.54. The largest absolute Gasteiger partial charge is 0.496 e. The van der Waals surface area contributed by atoms with Crippen LogP contribution in [0.5, 0.6) is 5.75 Å². The number of Topliss-reactive ketones (excluding diaryl/α,β-unsaturated/α-hetero) is 1. The SMILES string of the molecule is COc1ccc(F)cc1C(=O)CN1C2CCC1CC(O)C2. The van der Waals surface area contributed by atoms with Gasteiger partial charge >= 0.3 is 0 Å². The molecule has 0 radical (unpaired) electrons. The lowest BCUT2D eigenvalue weighted by Crippen LogP contribution is -2.46. The van der Waals surface area contributed by atoms with E-state index in [4.69, 9.17) is 4.74 Å². The number of carbonyl (C=O) groups is 1. The van der Waals surface area contributed by atoms with Crippen LogP contribution in [0.4, 0.5) is 4.39 Å². The molecule has 4 nitrogen and oxygen atoms in total. The predicted molar refractivity (Wildman–Crippen MR) is 76.0 cm³/mol. The molecule has 2 saturated heterocycles. The minimum absolute atomic E-state index is 0.125. The van der Waals surface area contributed by atoms with Crippen LogP contribution in [0, 0.1) is 5.82 Å². The molecule has 1 aromatic rings. The van der Waals surface area contributed by atoms with Gasteiger partial charge in [0.15, 0.2) is 5.78 Å². The van der Waals surface area contributed by atoms with Crippen molar-refractivity contribution in [2.24, 2.45) is 0 Å². The number of nitrogens with zero attached hydrogens (tertiary/aromatic N) is 1. The summed E-state index contributed by atoms with van der Waals surface area (Å²) in [5.41, 5.74) is 0.294. The molecule has 2 atom stereocenters. The van der Waals surface area contributed by atoms with E-state index >= 15 is 0 Å². The molecule has 21 heavy (non-hydrogen) atoms. The van der Waals surface area contributed by atoms with Gasteiger partial charge in [-0.25, -0.2) is 4.39 Å². The van der Waals surface area contributed by atoms with E-state index in [-0.39, 0.29) is 30.5 Å². The number of aliphatic hydroxyl groups excluding tert-OH is 1. The van der Waals surface area contributed by atoms with Crippen LogP contribution in [0.3, 0.4) is 0 Å². The third-order valence-electron chi connectivity index (χ3n) is 4.65. The summed E-state index contributed by atoms with van der Waals surface area (Å²) in [6.45, 7) is 0.266. The number of hydrogen-bond acceptors (Lipinski definition) is 4. The van der Waals surface area contributed by atoms with Gasteiger partial charge in [0.05, 0.1) is 25.3 Å². The Balaban J connectivity index is 1.77. The minimum atomic E-state index is -0.434. The van der Waals surface area contributed by atoms with Gasteiger partial charge in [0, 0.05) is 12.1 Å². The van der Waals surface area contributed by atoms with Crippen LogP contribution >= 0.6 is 0 Å². The maximum Gasteiger partial charge on any atom is 0.180 e. The molecule has 2 bridgehead atoms. The molecule has 2 heterocycles. The fourth-order valence-electron chi connectivity index (χ4n) is 3.65. The topological polar surface area (TPSA) is 49.8 Å². The van der Waals surface area contributed by atoms with Crippen molar-refractivity contribution in [2.45, 2.75) is 43.9 Å². The van der Waals surface area contributed by atoms with E-state index in [1.807, 2.05) is 0 Å². The van der Waals surface area contributed by atoms with Gasteiger partial charge in [-0.15, -0.1) is 0 Å². The minimum Gasteiger partial charge on any atom is -0.496 e. The molecular formula is C16H20FNO3. The van der Waals surface area contributed by atoms with E-state index in [1.54, 1.807) is 0 Å². The molecule has 1 aromatic carbocycles. The van der Waals surface area contributed by atoms with Gasteiger partial charge in [0.2, 0.25) is 0 Å². The highest BCUT2D eigenvalue weighted by Crippen LogP contribution is 2.36. The zero-order valence-corrected chi connectivity index (χ0v) is 12.1. The summed E-state index contributed by atoms with van der Waals surface area (Å²) < 4.78 is 18.5. The van der Waals surface area contributed by atoms with Crippen LogP contribution < -0.4 is 4.74 Å². The second-order valence-electron chi connectivity index (χ2n) is 5.95. The number of ether oxygens (including phenoxy) is 1. The molecule has 5 heteroatoms. The van der Waals surface area contributed by atoms with Crippen molar-refractivity contribution in [2.75, 3.05) is 13.7 Å². The maximum atomic E-state index is 13.4. The van der Waals surface area contributed by atoms with Gasteiger partial charge in [0.25, 0.3) is 0 Å². The average Bonchev–Trinajstić information content (AvgIpc) is 2.70. The number of carbonyl (C=O) groups excluding carboxylic acids is 1. The van der Waals surface area contributed by atoms with Crippen molar-refractivity contribution >= 4 is 5.78 Å². The highest BCUT2D eigenvalue weighted by molar-refractivity contribution is 6.00. The normalized spacial score (nSPS) is 28.6. The van der Waals surface area contributed by atoms with E-state index in [2.05, 4.69) is 4.90 Å². The number of benzene rings is 1. The zero-order chi connectivity index (χ0) is 15.0. The van der Waals surface area contributed by atoms with Crippen LogP contribution in [0.2, 0.25) is 0 Å². The lowest BCUT2D eigenvalue weighted by atomic mass is 9.98. The number of methoxy groups -OCH3 is 1. The fraction of sp³-hybridized carbons (Fsp3) is 0.562. The summed E-state index contributed by atoms with van der Waals surface area (Å²) in [5, 5.41) is 9.80. The van der Waals surface area contributed by atoms with E-state index in [0.717, 1.165) is 25.7 Å². The van der Waals surface area contributed by atoms with Gasteiger partial charge in [-0.3, -0.25) is 9.69 Å². The first-order valence-electron chi connectivity index (χ1n) is 7.39. The molecule has 3 rings (SSSR count). The standard InChI is InChI=1S/C16H20FNO3/c1-21-16-5-2-10(17)6-14(16)15(20)9-18-11-3-4-12(18)8-13(19)7-11/h2,5-6,11-13,19H,3-4,7-9H2,1H3. The second kappa shape index (κ2) is 5.73. The van der Waals surface area contributed by atoms with Crippen molar-refractivity contribution in [1.82, 2.24) is 4.90 Å². The van der Waals surface area contributed by atoms with Gasteiger partial charge in [0.1, 0.15) is 11.6 Å². The molecule has 2 fully saturated rings. The van der Waals surface area contributed by atoms with E-state index in [1.165, 1.54) is 25.3 Å². The van der Waals surface area contributed by atoms with Crippen molar-refractivity contribution in [1.29, 1.82) is 0 Å². The number of fused-ring (bicyclic) bond motifs is 2. The molecule has 0 aromatic heterocycles. The van der Waals surface area contributed by atoms with Gasteiger partial charge in [-0.05, 0) is 43.9 Å². The molecule has 2 aliphatic heterocycles. The molecular weight excluding hydrogens is 273 g/mol. The van der Waals surface area contributed by atoms with E-state index in [9.17, 15) is 14.3 Å². The van der Waals surface area contributed by atoms with Gasteiger partial charge in [-0.1, -0.05) is 0 Å². The van der Waals surface area contributed by atoms with Gasteiger partial charge in [-0.2, -0.15) is 0 Å². The summed E-state index contributed by atoms with van der Waals surface area (Å²) in [4.78, 5) is 14.7. The monoisotopic (exact) mass is 293 g/mol. The van der Waals surface area contributed by atoms with Crippen LogP contribution in [0.1, 0.15) is 36.0 Å². The van der Waals surface area contributed by atoms with Crippen LogP contribution in [-0.4, -0.2) is 47.6 Å². The van der Waals surface area contributed by atoms with Crippen molar-refractivity contribution in [3.63, 3.8) is 0 Å². The Morgan fingerprint density at radius 3 is 2.67 bits per heavy atom. The first kappa shape index (κ1) is 14.5. The maximum absolute atomic E-state index is 13.4. The summed E-state index contributed by atoms with van der Waals surface area (Å²) >= 11 is 0. The molecule has 0 amide bonds. The Bertz CT molecular complexity index is 534. The molecule has 2 unspecified atom stereocenters. The average molecular weight is 293 g/mol. The lowest BCUT2D eigenvalue weighted by Gasteiger charge is -2.36. The molecule has 2 aliphatic rings. The number of ketones is 1. The van der Waals surface area contributed by atoms with Gasteiger partial charge < -0.3 is 9.84 Å². The van der Waals surface area contributed by atoms with E-state index in [0.29, 0.717) is 11.3 Å². The molecule has 0 saturated carbocycles. The number of hydrogen-bond donors (Lipinski definition) is 1. The predicted octanol–water partition coefficient (Wildman–Crippen LogP) is 2.00. The van der Waals surface area contributed by atoms with Crippen LogP contribution in [-0.2, 0) is 0 Å². The summed E-state index contributed by atoms with van der Waals surface area (Å²) in [7, 11) is 1.48. The molecule has 0 spiro atoms. The van der Waals surface area contributed by atoms with Crippen LogP contribution in [0.25, 0.3) is 0 Å². The summed E-state index contributed by atoms with van der Waals surface area (Å²) in [6.07, 6.45) is 3.25. The number of rotatable bonds is 4. The first-order chi connectivity index (χ1) is 10.1. The highest BCUT2D eigenvalue weighted by Gasteiger charge is 2.41. The smallest absolute Gasteiger partial charge is 0.180 e. The quantitative estimate of drug-likeness (QED) is 0.863. The zero-order valence-electron chi connectivity index (χ0n) is 12.1. The molecule has 114 valence electrons. The third-order valence-corrected chi connectivity index (χ3v) is 4.65. The second-order valence-corrected chi connectivity index (χ2v) is 5.95. The van der Waals surface area contributed by atoms with Crippen LogP contribution in [0.15, 0.2) is 18.2 Å². The Kier molecular flexibility index (Phi) is 3.95.